The lowest BCUT2D eigenvalue weighted by molar-refractivity contribution is 0.0950. The smallest absolute Gasteiger partial charge is 0.251 e. The molecule has 4 rings (SSSR count). The largest absolute Gasteiger partial charge is 0.444 e. The van der Waals surface area contributed by atoms with Gasteiger partial charge < -0.3 is 9.73 Å². The normalized spacial score (nSPS) is 10.6. The molecule has 7 nitrogen and oxygen atoms in total. The fourth-order valence-corrected chi connectivity index (χ4v) is 2.52. The topological polar surface area (TPSA) is 85.8 Å². The van der Waals surface area contributed by atoms with Crippen LogP contribution in [0.15, 0.2) is 77.9 Å². The van der Waals surface area contributed by atoms with Gasteiger partial charge in [-0.1, -0.05) is 24.3 Å². The van der Waals surface area contributed by atoms with Gasteiger partial charge in [0.05, 0.1) is 12.2 Å². The minimum absolute atomic E-state index is 0.191. The van der Waals surface area contributed by atoms with E-state index in [1.165, 1.54) is 0 Å². The van der Waals surface area contributed by atoms with Crippen molar-refractivity contribution in [1.29, 1.82) is 0 Å². The van der Waals surface area contributed by atoms with Crippen LogP contribution in [0.25, 0.3) is 17.1 Å². The second-order valence-electron chi connectivity index (χ2n) is 5.61. The minimum atomic E-state index is -0.191. The zero-order chi connectivity index (χ0) is 17.8. The number of hydrogen-bond donors (Lipinski definition) is 1. The third kappa shape index (κ3) is 3.36. The van der Waals surface area contributed by atoms with Gasteiger partial charge in [0.2, 0.25) is 5.89 Å². The summed E-state index contributed by atoms with van der Waals surface area (Å²) >= 11 is 0. The lowest BCUT2D eigenvalue weighted by Gasteiger charge is -2.06. The third-order valence-electron chi connectivity index (χ3n) is 3.83. The van der Waals surface area contributed by atoms with Crippen LogP contribution in [0.5, 0.6) is 0 Å². The van der Waals surface area contributed by atoms with Gasteiger partial charge in [-0.25, -0.2) is 4.98 Å². The van der Waals surface area contributed by atoms with Gasteiger partial charge >= 0.3 is 0 Å². The van der Waals surface area contributed by atoms with Crippen molar-refractivity contribution in [3.63, 3.8) is 0 Å². The predicted molar refractivity (Wildman–Crippen MR) is 94.5 cm³/mol. The average Bonchev–Trinajstić information content (AvgIpc) is 3.39. The van der Waals surface area contributed by atoms with Gasteiger partial charge in [0.1, 0.15) is 18.9 Å². The molecule has 2 aromatic carbocycles. The first kappa shape index (κ1) is 15.8. The molecule has 0 atom stereocenters. The number of rotatable bonds is 5. The van der Waals surface area contributed by atoms with Crippen molar-refractivity contribution in [3.8, 4) is 17.1 Å². The van der Waals surface area contributed by atoms with Gasteiger partial charge in [0.15, 0.2) is 0 Å². The van der Waals surface area contributed by atoms with Gasteiger partial charge in [0.25, 0.3) is 5.91 Å². The summed E-state index contributed by atoms with van der Waals surface area (Å²) in [6.07, 6.45) is 4.71. The van der Waals surface area contributed by atoms with E-state index in [0.29, 0.717) is 17.1 Å². The van der Waals surface area contributed by atoms with Crippen molar-refractivity contribution in [3.05, 3.63) is 84.8 Å². The summed E-state index contributed by atoms with van der Waals surface area (Å²) in [5.41, 5.74) is 2.91. The Hall–Kier alpha value is -3.74. The number of hydrogen-bond acceptors (Lipinski definition) is 5. The highest BCUT2D eigenvalue weighted by molar-refractivity contribution is 5.94. The van der Waals surface area contributed by atoms with Crippen molar-refractivity contribution in [2.45, 2.75) is 6.54 Å². The summed E-state index contributed by atoms with van der Waals surface area (Å²) in [6, 6.07) is 16.8. The van der Waals surface area contributed by atoms with Gasteiger partial charge in [0, 0.05) is 16.8 Å². The van der Waals surface area contributed by atoms with Crippen molar-refractivity contribution >= 4 is 5.91 Å². The molecular weight excluding hydrogens is 330 g/mol. The van der Waals surface area contributed by atoms with Crippen LogP contribution < -0.4 is 5.32 Å². The standard InChI is InChI=1S/C19H15N5O2/c25-18(15-7-4-8-17(9-15)24-12-21-22-13-24)20-10-16-11-26-19(23-16)14-5-2-1-3-6-14/h1-9,11-13H,10H2,(H,20,25). The van der Waals surface area contributed by atoms with Crippen LogP contribution in [0.1, 0.15) is 16.1 Å². The van der Waals surface area contributed by atoms with Gasteiger partial charge in [-0.05, 0) is 30.3 Å². The Labute approximate surface area is 149 Å². The Morgan fingerprint density at radius 1 is 1.04 bits per heavy atom. The molecule has 0 bridgehead atoms. The summed E-state index contributed by atoms with van der Waals surface area (Å²) in [5.74, 6) is 0.341. The number of oxazole rings is 1. The minimum Gasteiger partial charge on any atom is -0.444 e. The van der Waals surface area contributed by atoms with Crippen LogP contribution in [0.4, 0.5) is 0 Å². The predicted octanol–water partition coefficient (Wildman–Crippen LogP) is 2.85. The number of carbonyl (C=O) groups is 1. The lowest BCUT2D eigenvalue weighted by atomic mass is 10.2. The van der Waals surface area contributed by atoms with E-state index in [-0.39, 0.29) is 12.5 Å². The molecule has 0 radical (unpaired) electrons. The van der Waals surface area contributed by atoms with E-state index in [4.69, 9.17) is 4.42 Å². The first-order chi connectivity index (χ1) is 12.8. The Kier molecular flexibility index (Phi) is 4.26. The number of nitrogens with one attached hydrogen (secondary N) is 1. The molecule has 0 saturated heterocycles. The van der Waals surface area contributed by atoms with Crippen LogP contribution in [-0.2, 0) is 6.54 Å². The molecule has 0 aliphatic rings. The first-order valence-electron chi connectivity index (χ1n) is 8.03. The van der Waals surface area contributed by atoms with Crippen LogP contribution in [0, 0.1) is 0 Å². The monoisotopic (exact) mass is 345 g/mol. The third-order valence-corrected chi connectivity index (χ3v) is 3.83. The molecule has 0 spiro atoms. The summed E-state index contributed by atoms with van der Waals surface area (Å²) in [4.78, 5) is 16.8. The van der Waals surface area contributed by atoms with E-state index >= 15 is 0 Å². The Morgan fingerprint density at radius 2 is 1.85 bits per heavy atom. The number of amides is 1. The lowest BCUT2D eigenvalue weighted by Crippen LogP contribution is -2.23. The quantitative estimate of drug-likeness (QED) is 0.601. The van der Waals surface area contributed by atoms with E-state index in [1.807, 2.05) is 42.5 Å². The average molecular weight is 345 g/mol. The van der Waals surface area contributed by atoms with E-state index in [1.54, 1.807) is 35.6 Å². The molecule has 2 aromatic heterocycles. The second-order valence-corrected chi connectivity index (χ2v) is 5.61. The summed E-state index contributed by atoms with van der Waals surface area (Å²) in [7, 11) is 0. The van der Waals surface area contributed by atoms with Crippen LogP contribution >= 0.6 is 0 Å². The van der Waals surface area contributed by atoms with Crippen LogP contribution in [0.3, 0.4) is 0 Å². The molecule has 1 N–H and O–H groups in total. The molecule has 0 fully saturated rings. The first-order valence-corrected chi connectivity index (χ1v) is 8.03. The number of carbonyl (C=O) groups excluding carboxylic acids is 1. The Morgan fingerprint density at radius 3 is 2.65 bits per heavy atom. The van der Waals surface area contributed by atoms with Gasteiger partial charge in [-0.2, -0.15) is 0 Å². The molecule has 0 saturated carbocycles. The van der Waals surface area contributed by atoms with E-state index in [2.05, 4.69) is 20.5 Å². The highest BCUT2D eigenvalue weighted by atomic mass is 16.3. The zero-order valence-corrected chi connectivity index (χ0v) is 13.7. The summed E-state index contributed by atoms with van der Waals surface area (Å²) in [5, 5.41) is 10.4. The summed E-state index contributed by atoms with van der Waals surface area (Å²) in [6.45, 7) is 0.284. The highest BCUT2D eigenvalue weighted by Gasteiger charge is 2.10. The maximum atomic E-state index is 12.4. The van der Waals surface area contributed by atoms with E-state index in [9.17, 15) is 4.79 Å². The zero-order valence-electron chi connectivity index (χ0n) is 13.7. The van der Waals surface area contributed by atoms with Crippen molar-refractivity contribution < 1.29 is 9.21 Å². The SMILES string of the molecule is O=C(NCc1coc(-c2ccccc2)n1)c1cccc(-n2cnnc2)c1. The maximum absolute atomic E-state index is 12.4. The van der Waals surface area contributed by atoms with Gasteiger partial charge in [-0.15, -0.1) is 10.2 Å². The number of benzene rings is 2. The van der Waals surface area contributed by atoms with E-state index < -0.39 is 0 Å². The fourth-order valence-electron chi connectivity index (χ4n) is 2.52. The molecule has 0 unspecified atom stereocenters. The van der Waals surface area contributed by atoms with Gasteiger partial charge in [-0.3, -0.25) is 9.36 Å². The molecule has 4 aromatic rings. The molecule has 2 heterocycles. The Balaban J connectivity index is 1.43. The van der Waals surface area contributed by atoms with Crippen molar-refractivity contribution in [2.75, 3.05) is 0 Å². The number of nitrogens with zero attached hydrogens (tertiary/aromatic N) is 4. The molecule has 1 amide bonds. The molecule has 7 heteroatoms. The molecule has 128 valence electrons. The Bertz CT molecular complexity index is 1010. The summed E-state index contributed by atoms with van der Waals surface area (Å²) < 4.78 is 7.21. The van der Waals surface area contributed by atoms with Crippen molar-refractivity contribution in [2.24, 2.45) is 0 Å². The van der Waals surface area contributed by atoms with E-state index in [0.717, 1.165) is 11.3 Å². The fraction of sp³-hybridized carbons (Fsp3) is 0.0526. The number of aromatic nitrogens is 4. The molecule has 26 heavy (non-hydrogen) atoms. The molecular formula is C19H15N5O2. The second kappa shape index (κ2) is 7.02. The molecule has 0 aliphatic heterocycles. The molecule has 0 aliphatic carbocycles. The van der Waals surface area contributed by atoms with Crippen LogP contribution in [0.2, 0.25) is 0 Å². The van der Waals surface area contributed by atoms with Crippen LogP contribution in [-0.4, -0.2) is 25.7 Å². The maximum Gasteiger partial charge on any atom is 0.251 e. The van der Waals surface area contributed by atoms with Crippen molar-refractivity contribution in [1.82, 2.24) is 25.1 Å². The highest BCUT2D eigenvalue weighted by Crippen LogP contribution is 2.18.